The molecule has 0 heterocycles. The molecule has 0 aliphatic carbocycles. The minimum atomic E-state index is -0.221. The highest BCUT2D eigenvalue weighted by Crippen LogP contribution is 2.27. The molecule has 0 aromatic heterocycles. The standard InChI is InChI=1S/C13H19BrO2/c1-4-12(15)9(2)7-10-5-6-13(16-3)11(14)8-10/h5-6,8-9,12,15H,4,7H2,1-3H3. The van der Waals surface area contributed by atoms with E-state index < -0.39 is 0 Å². The van der Waals surface area contributed by atoms with Crippen LogP contribution in [-0.2, 0) is 6.42 Å². The van der Waals surface area contributed by atoms with E-state index in [0.717, 1.165) is 23.1 Å². The highest BCUT2D eigenvalue weighted by Gasteiger charge is 2.13. The van der Waals surface area contributed by atoms with Gasteiger partial charge in [0, 0.05) is 0 Å². The molecule has 0 saturated carbocycles. The summed E-state index contributed by atoms with van der Waals surface area (Å²) < 4.78 is 6.14. The molecule has 1 aromatic rings. The first-order valence-electron chi connectivity index (χ1n) is 5.59. The second-order valence-corrected chi connectivity index (χ2v) is 4.98. The molecule has 2 unspecified atom stereocenters. The Morgan fingerprint density at radius 3 is 2.62 bits per heavy atom. The molecule has 0 aliphatic rings. The highest BCUT2D eigenvalue weighted by atomic mass is 79.9. The van der Waals surface area contributed by atoms with Crippen molar-refractivity contribution in [2.75, 3.05) is 7.11 Å². The van der Waals surface area contributed by atoms with Crippen LogP contribution in [0.3, 0.4) is 0 Å². The largest absolute Gasteiger partial charge is 0.496 e. The van der Waals surface area contributed by atoms with Gasteiger partial charge in [0.2, 0.25) is 0 Å². The Bertz CT molecular complexity index is 339. The first-order valence-corrected chi connectivity index (χ1v) is 6.38. The third-order valence-corrected chi connectivity index (χ3v) is 3.47. The Kier molecular flexibility index (Phi) is 5.29. The minimum Gasteiger partial charge on any atom is -0.496 e. The van der Waals surface area contributed by atoms with Crippen molar-refractivity contribution < 1.29 is 9.84 Å². The van der Waals surface area contributed by atoms with Gasteiger partial charge in [-0.15, -0.1) is 0 Å². The van der Waals surface area contributed by atoms with Crippen molar-refractivity contribution in [2.24, 2.45) is 5.92 Å². The zero-order chi connectivity index (χ0) is 12.1. The first-order chi connectivity index (χ1) is 7.58. The van der Waals surface area contributed by atoms with Gasteiger partial charge in [-0.25, -0.2) is 0 Å². The van der Waals surface area contributed by atoms with E-state index in [1.54, 1.807) is 7.11 Å². The lowest BCUT2D eigenvalue weighted by Crippen LogP contribution is -2.18. The molecule has 0 saturated heterocycles. The maximum absolute atomic E-state index is 9.72. The molecule has 90 valence electrons. The summed E-state index contributed by atoms with van der Waals surface area (Å²) >= 11 is 3.46. The maximum atomic E-state index is 9.72. The summed E-state index contributed by atoms with van der Waals surface area (Å²) in [6.45, 7) is 4.08. The number of rotatable bonds is 5. The summed E-state index contributed by atoms with van der Waals surface area (Å²) in [4.78, 5) is 0. The first kappa shape index (κ1) is 13.5. The Labute approximate surface area is 106 Å². The Hall–Kier alpha value is -0.540. The van der Waals surface area contributed by atoms with Crippen LogP contribution in [0.2, 0.25) is 0 Å². The number of aliphatic hydroxyl groups is 1. The van der Waals surface area contributed by atoms with Crippen LogP contribution in [0.15, 0.2) is 22.7 Å². The molecule has 16 heavy (non-hydrogen) atoms. The lowest BCUT2D eigenvalue weighted by molar-refractivity contribution is 0.113. The van der Waals surface area contributed by atoms with Crippen LogP contribution in [0.1, 0.15) is 25.8 Å². The Morgan fingerprint density at radius 1 is 1.44 bits per heavy atom. The van der Waals surface area contributed by atoms with Gasteiger partial charge in [-0.3, -0.25) is 0 Å². The van der Waals surface area contributed by atoms with E-state index in [2.05, 4.69) is 28.9 Å². The molecule has 3 heteroatoms. The van der Waals surface area contributed by atoms with Crippen molar-refractivity contribution >= 4 is 15.9 Å². The zero-order valence-electron chi connectivity index (χ0n) is 10.0. The van der Waals surface area contributed by atoms with Crippen molar-refractivity contribution in [1.29, 1.82) is 0 Å². The highest BCUT2D eigenvalue weighted by molar-refractivity contribution is 9.10. The fourth-order valence-electron chi connectivity index (χ4n) is 1.75. The molecular formula is C13H19BrO2. The van der Waals surface area contributed by atoms with Crippen molar-refractivity contribution in [2.45, 2.75) is 32.8 Å². The lowest BCUT2D eigenvalue weighted by Gasteiger charge is -2.17. The molecule has 0 fully saturated rings. The second kappa shape index (κ2) is 6.26. The fourth-order valence-corrected chi connectivity index (χ4v) is 2.34. The smallest absolute Gasteiger partial charge is 0.133 e. The summed E-state index contributed by atoms with van der Waals surface area (Å²) in [6.07, 6.45) is 1.47. The van der Waals surface area contributed by atoms with Gasteiger partial charge < -0.3 is 9.84 Å². The Balaban J connectivity index is 2.71. The topological polar surface area (TPSA) is 29.5 Å². The molecule has 1 N–H and O–H groups in total. The molecule has 2 nitrogen and oxygen atoms in total. The quantitative estimate of drug-likeness (QED) is 0.899. The normalized spacial score (nSPS) is 14.6. The molecule has 0 spiro atoms. The molecular weight excluding hydrogens is 268 g/mol. The van der Waals surface area contributed by atoms with Gasteiger partial charge in [0.1, 0.15) is 5.75 Å². The van der Waals surface area contributed by atoms with Gasteiger partial charge in [0.05, 0.1) is 17.7 Å². The van der Waals surface area contributed by atoms with E-state index in [9.17, 15) is 5.11 Å². The maximum Gasteiger partial charge on any atom is 0.133 e. The third kappa shape index (κ3) is 3.49. The van der Waals surface area contributed by atoms with Crippen LogP contribution in [0.25, 0.3) is 0 Å². The molecule has 0 bridgehead atoms. The molecule has 2 atom stereocenters. The van der Waals surface area contributed by atoms with E-state index >= 15 is 0 Å². The number of halogens is 1. The van der Waals surface area contributed by atoms with Crippen molar-refractivity contribution in [1.82, 2.24) is 0 Å². The van der Waals surface area contributed by atoms with E-state index in [-0.39, 0.29) is 12.0 Å². The summed E-state index contributed by atoms with van der Waals surface area (Å²) in [7, 11) is 1.66. The monoisotopic (exact) mass is 286 g/mol. The van der Waals surface area contributed by atoms with Crippen molar-refractivity contribution in [3.8, 4) is 5.75 Å². The number of hydrogen-bond donors (Lipinski definition) is 1. The SMILES string of the molecule is CCC(O)C(C)Cc1ccc(OC)c(Br)c1. The third-order valence-electron chi connectivity index (χ3n) is 2.85. The summed E-state index contributed by atoms with van der Waals surface area (Å²) in [5.41, 5.74) is 1.22. The average molecular weight is 287 g/mol. The van der Waals surface area contributed by atoms with Gasteiger partial charge >= 0.3 is 0 Å². The number of aliphatic hydroxyl groups excluding tert-OH is 1. The van der Waals surface area contributed by atoms with Crippen molar-refractivity contribution in [3.05, 3.63) is 28.2 Å². The predicted octanol–water partition coefficient (Wildman–Crippen LogP) is 3.41. The van der Waals surface area contributed by atoms with Gasteiger partial charge in [-0.1, -0.05) is 19.9 Å². The molecule has 0 aliphatic heterocycles. The second-order valence-electron chi connectivity index (χ2n) is 4.13. The van der Waals surface area contributed by atoms with Crippen LogP contribution >= 0.6 is 15.9 Å². The molecule has 0 amide bonds. The molecule has 0 radical (unpaired) electrons. The summed E-state index contributed by atoms with van der Waals surface area (Å²) in [5.74, 6) is 1.12. The van der Waals surface area contributed by atoms with Gasteiger partial charge in [-0.05, 0) is 52.4 Å². The van der Waals surface area contributed by atoms with Gasteiger partial charge in [-0.2, -0.15) is 0 Å². The summed E-state index contributed by atoms with van der Waals surface area (Å²) in [5, 5.41) is 9.72. The van der Waals surface area contributed by atoms with Gasteiger partial charge in [0.15, 0.2) is 0 Å². The van der Waals surface area contributed by atoms with Crippen LogP contribution in [0.4, 0.5) is 0 Å². The minimum absolute atomic E-state index is 0.221. The number of hydrogen-bond acceptors (Lipinski definition) is 2. The van der Waals surface area contributed by atoms with E-state index in [4.69, 9.17) is 4.74 Å². The number of methoxy groups -OCH3 is 1. The molecule has 1 aromatic carbocycles. The molecule has 1 rings (SSSR count). The van der Waals surface area contributed by atoms with E-state index in [1.165, 1.54) is 5.56 Å². The lowest BCUT2D eigenvalue weighted by atomic mass is 9.94. The van der Waals surface area contributed by atoms with Crippen LogP contribution in [-0.4, -0.2) is 18.3 Å². The predicted molar refractivity (Wildman–Crippen MR) is 69.9 cm³/mol. The van der Waals surface area contributed by atoms with Crippen LogP contribution < -0.4 is 4.74 Å². The van der Waals surface area contributed by atoms with E-state index in [1.807, 2.05) is 19.1 Å². The number of benzene rings is 1. The Morgan fingerprint density at radius 2 is 2.12 bits per heavy atom. The number of ether oxygens (including phenoxy) is 1. The summed E-state index contributed by atoms with van der Waals surface area (Å²) in [6, 6.07) is 6.05. The van der Waals surface area contributed by atoms with Crippen LogP contribution in [0.5, 0.6) is 5.75 Å². The zero-order valence-corrected chi connectivity index (χ0v) is 11.6. The van der Waals surface area contributed by atoms with E-state index in [0.29, 0.717) is 0 Å². The fraction of sp³-hybridized carbons (Fsp3) is 0.538. The average Bonchev–Trinajstić information content (AvgIpc) is 2.28. The van der Waals surface area contributed by atoms with Crippen LogP contribution in [0, 0.1) is 5.92 Å². The van der Waals surface area contributed by atoms with Crippen molar-refractivity contribution in [3.63, 3.8) is 0 Å². The van der Waals surface area contributed by atoms with Gasteiger partial charge in [0.25, 0.3) is 0 Å².